The van der Waals surface area contributed by atoms with E-state index in [1.165, 1.54) is 4.90 Å². The first-order valence-corrected chi connectivity index (χ1v) is 6.73. The minimum absolute atomic E-state index is 0.0619. The normalized spacial score (nSPS) is 22.1. The van der Waals surface area contributed by atoms with E-state index in [4.69, 9.17) is 9.84 Å². The number of aliphatic hydroxyl groups is 1. The molecule has 2 fully saturated rings. The van der Waals surface area contributed by atoms with Crippen LogP contribution in [0.15, 0.2) is 0 Å². The predicted octanol–water partition coefficient (Wildman–Crippen LogP) is -0.988. The molecule has 2 N–H and O–H groups in total. The van der Waals surface area contributed by atoms with Gasteiger partial charge in [-0.05, 0) is 12.8 Å². The number of imide groups is 1. The maximum Gasteiger partial charge on any atom is 0.324 e. The number of likely N-dealkylation sites (tertiary alicyclic amines) is 1. The summed E-state index contributed by atoms with van der Waals surface area (Å²) in [5, 5.41) is 11.2. The average Bonchev–Trinajstić information content (AvgIpc) is 2.75. The van der Waals surface area contributed by atoms with Gasteiger partial charge in [-0.2, -0.15) is 0 Å². The first-order valence-electron chi connectivity index (χ1n) is 6.73. The summed E-state index contributed by atoms with van der Waals surface area (Å²) in [5.41, 5.74) is 0. The molecule has 19 heavy (non-hydrogen) atoms. The number of carbonyl (C=O) groups excluding carboxylic acids is 2. The molecule has 0 aromatic rings. The van der Waals surface area contributed by atoms with Crippen molar-refractivity contribution in [2.45, 2.75) is 18.9 Å². The first-order chi connectivity index (χ1) is 9.20. The van der Waals surface area contributed by atoms with E-state index < -0.39 is 0 Å². The van der Waals surface area contributed by atoms with E-state index in [0.29, 0.717) is 19.7 Å². The highest BCUT2D eigenvalue weighted by atomic mass is 16.5. The number of ether oxygens (including phenoxy) is 1. The SMILES string of the molecule is O=C1CNC(=O)N1CCN1CCC(OCCO)CC1. The summed E-state index contributed by atoms with van der Waals surface area (Å²) in [6, 6.07) is -0.286. The van der Waals surface area contributed by atoms with Gasteiger partial charge in [0.1, 0.15) is 0 Å². The molecule has 0 bridgehead atoms. The molecule has 0 atom stereocenters. The van der Waals surface area contributed by atoms with E-state index in [1.807, 2.05) is 0 Å². The molecule has 2 saturated heterocycles. The molecular weight excluding hydrogens is 250 g/mol. The lowest BCUT2D eigenvalue weighted by Crippen LogP contribution is -2.43. The summed E-state index contributed by atoms with van der Waals surface area (Å²) in [6.45, 7) is 3.55. The molecule has 0 spiro atoms. The van der Waals surface area contributed by atoms with Gasteiger partial charge in [0.05, 0.1) is 25.9 Å². The minimum atomic E-state index is -0.286. The minimum Gasteiger partial charge on any atom is -0.394 e. The average molecular weight is 271 g/mol. The third-order valence-electron chi connectivity index (χ3n) is 3.56. The lowest BCUT2D eigenvalue weighted by molar-refractivity contribution is -0.125. The summed E-state index contributed by atoms with van der Waals surface area (Å²) in [4.78, 5) is 26.3. The summed E-state index contributed by atoms with van der Waals surface area (Å²) >= 11 is 0. The molecule has 0 aliphatic carbocycles. The Morgan fingerprint density at radius 2 is 2.00 bits per heavy atom. The fourth-order valence-electron chi connectivity index (χ4n) is 2.44. The molecule has 0 unspecified atom stereocenters. The second kappa shape index (κ2) is 6.83. The van der Waals surface area contributed by atoms with Crippen molar-refractivity contribution >= 4 is 11.9 Å². The quantitative estimate of drug-likeness (QED) is 0.606. The number of nitrogens with one attached hydrogen (secondary N) is 1. The monoisotopic (exact) mass is 271 g/mol. The lowest BCUT2D eigenvalue weighted by Gasteiger charge is -2.32. The van der Waals surface area contributed by atoms with E-state index in [1.54, 1.807) is 0 Å². The maximum absolute atomic E-state index is 11.4. The fraction of sp³-hybridized carbons (Fsp3) is 0.833. The van der Waals surface area contributed by atoms with Gasteiger partial charge in [-0.3, -0.25) is 9.69 Å². The van der Waals surface area contributed by atoms with E-state index in [9.17, 15) is 9.59 Å². The second-order valence-electron chi connectivity index (χ2n) is 4.84. The molecule has 0 saturated carbocycles. The van der Waals surface area contributed by atoms with E-state index >= 15 is 0 Å². The van der Waals surface area contributed by atoms with Crippen LogP contribution in [0.25, 0.3) is 0 Å². The van der Waals surface area contributed by atoms with Crippen molar-refractivity contribution in [3.63, 3.8) is 0 Å². The molecular formula is C12H21N3O4. The van der Waals surface area contributed by atoms with Crippen LogP contribution in [-0.4, -0.2) is 78.9 Å². The van der Waals surface area contributed by atoms with Gasteiger partial charge in [0.25, 0.3) is 0 Å². The molecule has 2 aliphatic rings. The maximum atomic E-state index is 11.4. The number of amides is 3. The van der Waals surface area contributed by atoms with Gasteiger partial charge in [-0.15, -0.1) is 0 Å². The van der Waals surface area contributed by atoms with Crippen LogP contribution < -0.4 is 5.32 Å². The van der Waals surface area contributed by atoms with Gasteiger partial charge in [0, 0.05) is 26.2 Å². The van der Waals surface area contributed by atoms with Crippen molar-refractivity contribution < 1.29 is 19.4 Å². The molecule has 2 heterocycles. The molecule has 7 heteroatoms. The van der Waals surface area contributed by atoms with Crippen LogP contribution in [-0.2, 0) is 9.53 Å². The van der Waals surface area contributed by atoms with Crippen molar-refractivity contribution in [1.29, 1.82) is 0 Å². The molecule has 0 aromatic heterocycles. The number of hydrogen-bond donors (Lipinski definition) is 2. The Morgan fingerprint density at radius 1 is 1.26 bits per heavy atom. The number of piperidine rings is 1. The van der Waals surface area contributed by atoms with E-state index in [2.05, 4.69) is 10.2 Å². The van der Waals surface area contributed by atoms with Crippen molar-refractivity contribution in [2.24, 2.45) is 0 Å². The molecule has 0 radical (unpaired) electrons. The van der Waals surface area contributed by atoms with Crippen molar-refractivity contribution in [2.75, 3.05) is 45.9 Å². The number of carbonyl (C=O) groups is 2. The lowest BCUT2D eigenvalue weighted by atomic mass is 10.1. The standard InChI is InChI=1S/C12H21N3O4/c16-7-8-19-10-1-3-14(4-2-10)5-6-15-11(17)9-13-12(15)18/h10,16H,1-9H2,(H,13,18). The number of nitrogens with zero attached hydrogens (tertiary/aromatic N) is 2. The van der Waals surface area contributed by atoms with Gasteiger partial charge in [-0.1, -0.05) is 0 Å². The van der Waals surface area contributed by atoms with Crippen molar-refractivity contribution in [3.8, 4) is 0 Å². The number of aliphatic hydroxyl groups excluding tert-OH is 1. The summed E-state index contributed by atoms with van der Waals surface area (Å²) in [7, 11) is 0. The first kappa shape index (κ1) is 14.2. The Hall–Kier alpha value is -1.18. The van der Waals surface area contributed by atoms with Crippen molar-refractivity contribution in [1.82, 2.24) is 15.1 Å². The number of rotatable bonds is 6. The molecule has 2 rings (SSSR count). The van der Waals surface area contributed by atoms with Gasteiger partial charge in [0.15, 0.2) is 0 Å². The number of hydrogen-bond acceptors (Lipinski definition) is 5. The third kappa shape index (κ3) is 3.89. The molecule has 7 nitrogen and oxygen atoms in total. The van der Waals surface area contributed by atoms with Crippen LogP contribution in [0.3, 0.4) is 0 Å². The van der Waals surface area contributed by atoms with E-state index in [-0.39, 0.29) is 31.2 Å². The third-order valence-corrected chi connectivity index (χ3v) is 3.56. The van der Waals surface area contributed by atoms with Crippen LogP contribution in [0.4, 0.5) is 4.79 Å². The van der Waals surface area contributed by atoms with Gasteiger partial charge < -0.3 is 20.1 Å². The summed E-state index contributed by atoms with van der Waals surface area (Å²) in [6.07, 6.45) is 2.08. The topological polar surface area (TPSA) is 82.1 Å². The molecule has 108 valence electrons. The van der Waals surface area contributed by atoms with Crippen LogP contribution in [0.1, 0.15) is 12.8 Å². The van der Waals surface area contributed by atoms with Gasteiger partial charge in [-0.25, -0.2) is 4.79 Å². The smallest absolute Gasteiger partial charge is 0.324 e. The molecule has 2 aliphatic heterocycles. The van der Waals surface area contributed by atoms with Crippen LogP contribution in [0, 0.1) is 0 Å². The van der Waals surface area contributed by atoms with Gasteiger partial charge in [0.2, 0.25) is 5.91 Å². The largest absolute Gasteiger partial charge is 0.394 e. The van der Waals surface area contributed by atoms with Crippen LogP contribution in [0.2, 0.25) is 0 Å². The summed E-state index contributed by atoms with van der Waals surface area (Å²) in [5.74, 6) is -0.147. The molecule has 0 aromatic carbocycles. The zero-order valence-corrected chi connectivity index (χ0v) is 11.0. The summed E-state index contributed by atoms with van der Waals surface area (Å²) < 4.78 is 5.49. The van der Waals surface area contributed by atoms with E-state index in [0.717, 1.165) is 25.9 Å². The zero-order chi connectivity index (χ0) is 13.7. The highest BCUT2D eigenvalue weighted by molar-refractivity contribution is 6.01. The second-order valence-corrected chi connectivity index (χ2v) is 4.84. The Kier molecular flexibility index (Phi) is 5.12. The van der Waals surface area contributed by atoms with Crippen molar-refractivity contribution in [3.05, 3.63) is 0 Å². The van der Waals surface area contributed by atoms with Crippen LogP contribution >= 0.6 is 0 Å². The Labute approximate surface area is 112 Å². The Balaban J connectivity index is 1.65. The highest BCUT2D eigenvalue weighted by Crippen LogP contribution is 2.13. The Bertz CT molecular complexity index is 313. The zero-order valence-electron chi connectivity index (χ0n) is 11.0. The predicted molar refractivity (Wildman–Crippen MR) is 67.6 cm³/mol. The highest BCUT2D eigenvalue weighted by Gasteiger charge is 2.29. The molecule has 3 amide bonds. The number of urea groups is 1. The fourth-order valence-corrected chi connectivity index (χ4v) is 2.44. The van der Waals surface area contributed by atoms with Crippen LogP contribution in [0.5, 0.6) is 0 Å². The Morgan fingerprint density at radius 3 is 2.58 bits per heavy atom. The van der Waals surface area contributed by atoms with Gasteiger partial charge >= 0.3 is 6.03 Å².